The molecular formula is C25H22O2. The lowest BCUT2D eigenvalue weighted by Crippen LogP contribution is -2.09. The molecule has 27 heavy (non-hydrogen) atoms. The Balaban J connectivity index is 2.06. The summed E-state index contributed by atoms with van der Waals surface area (Å²) >= 11 is 0. The highest BCUT2D eigenvalue weighted by Gasteiger charge is 2.19. The molecular weight excluding hydrogens is 332 g/mol. The van der Waals surface area contributed by atoms with Crippen molar-refractivity contribution in [1.29, 1.82) is 0 Å². The first kappa shape index (κ1) is 18.5. The van der Waals surface area contributed by atoms with Crippen LogP contribution in [0.2, 0.25) is 0 Å². The van der Waals surface area contributed by atoms with Crippen LogP contribution in [0.1, 0.15) is 46.0 Å². The van der Waals surface area contributed by atoms with E-state index in [1.54, 1.807) is 0 Å². The zero-order valence-corrected chi connectivity index (χ0v) is 15.4. The Morgan fingerprint density at radius 1 is 0.630 bits per heavy atom. The van der Waals surface area contributed by atoms with Gasteiger partial charge in [0.15, 0.2) is 11.6 Å². The van der Waals surface area contributed by atoms with Gasteiger partial charge in [-0.1, -0.05) is 97.9 Å². The van der Waals surface area contributed by atoms with Crippen molar-refractivity contribution in [2.75, 3.05) is 0 Å². The van der Waals surface area contributed by atoms with Crippen LogP contribution in [0, 0.1) is 0 Å². The average molecular weight is 354 g/mol. The second-order valence-corrected chi connectivity index (χ2v) is 6.34. The smallest absolute Gasteiger partial charge is 0.189 e. The van der Waals surface area contributed by atoms with Gasteiger partial charge in [0.2, 0.25) is 0 Å². The lowest BCUT2D eigenvalue weighted by atomic mass is 9.88. The number of Topliss-reactive ketones (excluding diaryl/α,β-unsaturated/α-hetero) is 2. The van der Waals surface area contributed by atoms with Gasteiger partial charge < -0.3 is 0 Å². The Hall–Kier alpha value is -3.26. The normalized spacial score (nSPS) is 11.6. The van der Waals surface area contributed by atoms with Gasteiger partial charge in [0, 0.05) is 23.1 Å². The van der Waals surface area contributed by atoms with Gasteiger partial charge in [-0.3, -0.25) is 9.59 Å². The maximum absolute atomic E-state index is 13.1. The quantitative estimate of drug-likeness (QED) is 0.385. The van der Waals surface area contributed by atoms with Crippen molar-refractivity contribution in [3.8, 4) is 0 Å². The van der Waals surface area contributed by atoms with E-state index in [9.17, 15) is 9.59 Å². The number of hydrogen-bond acceptors (Lipinski definition) is 2. The predicted molar refractivity (Wildman–Crippen MR) is 110 cm³/mol. The van der Waals surface area contributed by atoms with E-state index in [1.165, 1.54) is 0 Å². The summed E-state index contributed by atoms with van der Waals surface area (Å²) in [6.07, 6.45) is 0.774. The first-order chi connectivity index (χ1) is 13.2. The molecule has 0 unspecified atom stereocenters. The fourth-order valence-corrected chi connectivity index (χ4v) is 3.18. The molecule has 0 fully saturated rings. The largest absolute Gasteiger partial charge is 0.294 e. The third-order valence-corrected chi connectivity index (χ3v) is 4.58. The fourth-order valence-electron chi connectivity index (χ4n) is 3.18. The summed E-state index contributed by atoms with van der Waals surface area (Å²) in [4.78, 5) is 26.0. The summed E-state index contributed by atoms with van der Waals surface area (Å²) in [6, 6.07) is 28.2. The molecule has 3 rings (SSSR count). The van der Waals surface area contributed by atoms with Gasteiger partial charge in [0.05, 0.1) is 0 Å². The van der Waals surface area contributed by atoms with E-state index < -0.39 is 0 Å². The molecule has 2 nitrogen and oxygen atoms in total. The summed E-state index contributed by atoms with van der Waals surface area (Å²) in [6.45, 7) is 1.96. The van der Waals surface area contributed by atoms with E-state index >= 15 is 0 Å². The van der Waals surface area contributed by atoms with Crippen molar-refractivity contribution >= 4 is 17.1 Å². The highest BCUT2D eigenvalue weighted by Crippen LogP contribution is 2.28. The maximum Gasteiger partial charge on any atom is 0.189 e. The van der Waals surface area contributed by atoms with Gasteiger partial charge in [-0.2, -0.15) is 0 Å². The van der Waals surface area contributed by atoms with Crippen LogP contribution in [-0.4, -0.2) is 11.6 Å². The molecule has 0 spiro atoms. The third kappa shape index (κ3) is 4.48. The van der Waals surface area contributed by atoms with Gasteiger partial charge in [-0.25, -0.2) is 0 Å². The van der Waals surface area contributed by atoms with E-state index in [0.29, 0.717) is 23.1 Å². The summed E-state index contributed by atoms with van der Waals surface area (Å²) in [5.74, 6) is -0.000852. The third-order valence-electron chi connectivity index (χ3n) is 4.58. The molecule has 0 amide bonds. The molecule has 3 aromatic rings. The van der Waals surface area contributed by atoms with Crippen LogP contribution < -0.4 is 0 Å². The van der Waals surface area contributed by atoms with Crippen molar-refractivity contribution in [3.05, 3.63) is 113 Å². The number of benzene rings is 3. The molecule has 2 heteroatoms. The van der Waals surface area contributed by atoms with E-state index in [1.807, 2.05) is 97.9 Å². The molecule has 0 bridgehead atoms. The zero-order chi connectivity index (χ0) is 19.1. The molecule has 0 radical (unpaired) electrons. The summed E-state index contributed by atoms with van der Waals surface area (Å²) < 4.78 is 0. The SMILES string of the molecule is CCC(C(=O)c1ccccc1)=C(CC(=O)c1ccccc1)c1ccccc1. The van der Waals surface area contributed by atoms with Crippen LogP contribution in [0.4, 0.5) is 0 Å². The molecule has 0 saturated carbocycles. The topological polar surface area (TPSA) is 34.1 Å². The van der Waals surface area contributed by atoms with Crippen LogP contribution in [0.3, 0.4) is 0 Å². The van der Waals surface area contributed by atoms with Gasteiger partial charge in [-0.05, 0) is 17.6 Å². The number of rotatable bonds is 7. The van der Waals surface area contributed by atoms with E-state index in [4.69, 9.17) is 0 Å². The van der Waals surface area contributed by atoms with Gasteiger partial charge in [0.25, 0.3) is 0 Å². The van der Waals surface area contributed by atoms with Crippen molar-refractivity contribution in [2.45, 2.75) is 19.8 Å². The zero-order valence-electron chi connectivity index (χ0n) is 15.4. The molecule has 3 aromatic carbocycles. The second-order valence-electron chi connectivity index (χ2n) is 6.34. The van der Waals surface area contributed by atoms with Gasteiger partial charge >= 0.3 is 0 Å². The monoisotopic (exact) mass is 354 g/mol. The van der Waals surface area contributed by atoms with Crippen molar-refractivity contribution < 1.29 is 9.59 Å². The Morgan fingerprint density at radius 3 is 1.56 bits per heavy atom. The molecule has 0 aromatic heterocycles. The number of carbonyl (C=O) groups is 2. The number of hydrogen-bond donors (Lipinski definition) is 0. The molecule has 0 aliphatic carbocycles. The van der Waals surface area contributed by atoms with Crippen molar-refractivity contribution in [1.82, 2.24) is 0 Å². The second kappa shape index (κ2) is 8.91. The molecule has 0 saturated heterocycles. The van der Waals surface area contributed by atoms with Crippen molar-refractivity contribution in [3.63, 3.8) is 0 Å². The minimum Gasteiger partial charge on any atom is -0.294 e. The fraction of sp³-hybridized carbons (Fsp3) is 0.120. The lowest BCUT2D eigenvalue weighted by molar-refractivity contribution is 0.0998. The van der Waals surface area contributed by atoms with Gasteiger partial charge in [0.1, 0.15) is 0 Å². The summed E-state index contributed by atoms with van der Waals surface area (Å²) in [7, 11) is 0. The molecule has 0 aliphatic heterocycles. The van der Waals surface area contributed by atoms with E-state index in [-0.39, 0.29) is 18.0 Å². The highest BCUT2D eigenvalue weighted by atomic mass is 16.1. The van der Waals surface area contributed by atoms with Crippen LogP contribution in [-0.2, 0) is 0 Å². The Labute approximate surface area is 160 Å². The molecule has 0 atom stereocenters. The number of allylic oxidation sites excluding steroid dienone is 2. The average Bonchev–Trinajstić information content (AvgIpc) is 2.75. The van der Waals surface area contributed by atoms with Crippen LogP contribution in [0.25, 0.3) is 5.57 Å². The Morgan fingerprint density at radius 2 is 1.07 bits per heavy atom. The molecule has 134 valence electrons. The van der Waals surface area contributed by atoms with Crippen LogP contribution >= 0.6 is 0 Å². The Bertz CT molecular complexity index is 939. The van der Waals surface area contributed by atoms with E-state index in [0.717, 1.165) is 11.1 Å². The highest BCUT2D eigenvalue weighted by molar-refractivity contribution is 6.15. The molecule has 0 aliphatic rings. The van der Waals surface area contributed by atoms with Gasteiger partial charge in [-0.15, -0.1) is 0 Å². The number of carbonyl (C=O) groups excluding carboxylic acids is 2. The molecule has 0 heterocycles. The minimum absolute atomic E-state index is 0.0151. The minimum atomic E-state index is -0.0159. The number of ketones is 2. The maximum atomic E-state index is 13.1. The van der Waals surface area contributed by atoms with Crippen LogP contribution in [0.15, 0.2) is 96.6 Å². The summed E-state index contributed by atoms with van der Waals surface area (Å²) in [5.41, 5.74) is 3.73. The predicted octanol–water partition coefficient (Wildman–Crippen LogP) is 6.01. The van der Waals surface area contributed by atoms with E-state index in [2.05, 4.69) is 0 Å². The van der Waals surface area contributed by atoms with Crippen LogP contribution in [0.5, 0.6) is 0 Å². The summed E-state index contributed by atoms with van der Waals surface area (Å²) in [5, 5.41) is 0. The standard InChI is InChI=1S/C25H22O2/c1-2-22(25(27)21-16-10-5-11-17-21)23(19-12-6-3-7-13-19)18-24(26)20-14-8-4-9-15-20/h3-17H,2,18H2,1H3. The first-order valence-electron chi connectivity index (χ1n) is 9.16. The molecule has 0 N–H and O–H groups in total. The Kier molecular flexibility index (Phi) is 6.11. The van der Waals surface area contributed by atoms with Crippen molar-refractivity contribution in [2.24, 2.45) is 0 Å². The first-order valence-corrected chi connectivity index (χ1v) is 9.16. The lowest BCUT2D eigenvalue weighted by Gasteiger charge is -2.14.